The van der Waals surface area contributed by atoms with Gasteiger partial charge in [0.05, 0.1) is 0 Å². The molecule has 0 saturated carbocycles. The molecule has 0 aliphatic carbocycles. The van der Waals surface area contributed by atoms with Crippen molar-refractivity contribution in [3.8, 4) is 0 Å². The maximum absolute atomic E-state index is 12.6. The largest absolute Gasteiger partial charge is 0.399 e. The first-order chi connectivity index (χ1) is 9.99. The molecule has 2 aromatic rings. The van der Waals surface area contributed by atoms with E-state index in [9.17, 15) is 4.79 Å². The van der Waals surface area contributed by atoms with E-state index in [0.29, 0.717) is 29.4 Å². The number of halogens is 2. The molecule has 0 spiro atoms. The van der Waals surface area contributed by atoms with Gasteiger partial charge in [0.25, 0.3) is 5.91 Å². The first-order valence-electron chi connectivity index (χ1n) is 6.59. The van der Waals surface area contributed by atoms with Crippen LogP contribution in [0.25, 0.3) is 0 Å². The Morgan fingerprint density at radius 3 is 2.48 bits per heavy atom. The Hall–Kier alpha value is -1.52. The number of hydrogen-bond acceptors (Lipinski definition) is 2. The Labute approximate surface area is 137 Å². The van der Waals surface area contributed by atoms with Gasteiger partial charge in [-0.15, -0.1) is 0 Å². The Bertz CT molecular complexity index is 623. The van der Waals surface area contributed by atoms with E-state index in [1.165, 1.54) is 0 Å². The topological polar surface area (TPSA) is 46.3 Å². The van der Waals surface area contributed by atoms with Crippen molar-refractivity contribution >= 4 is 39.1 Å². The Kier molecular flexibility index (Phi) is 5.26. The van der Waals surface area contributed by atoms with Gasteiger partial charge < -0.3 is 10.6 Å². The summed E-state index contributed by atoms with van der Waals surface area (Å²) in [5.74, 6) is -0.0440. The summed E-state index contributed by atoms with van der Waals surface area (Å²) in [6.45, 7) is 3.11. The Morgan fingerprint density at radius 1 is 1.24 bits per heavy atom. The zero-order valence-corrected chi connectivity index (χ0v) is 14.0. The third kappa shape index (κ3) is 4.22. The molecule has 0 fully saturated rings. The van der Waals surface area contributed by atoms with Crippen LogP contribution >= 0.6 is 27.5 Å². The van der Waals surface area contributed by atoms with Crippen LogP contribution < -0.4 is 5.73 Å². The van der Waals surface area contributed by atoms with Crippen LogP contribution in [0, 0.1) is 0 Å². The Balaban J connectivity index is 2.20. The van der Waals surface area contributed by atoms with Crippen LogP contribution in [0.5, 0.6) is 0 Å². The van der Waals surface area contributed by atoms with E-state index in [1.807, 2.05) is 31.2 Å². The minimum Gasteiger partial charge on any atom is -0.399 e. The molecule has 2 aromatic carbocycles. The molecule has 0 saturated heterocycles. The molecule has 5 heteroatoms. The van der Waals surface area contributed by atoms with Gasteiger partial charge in [-0.2, -0.15) is 0 Å². The second-order valence-corrected chi connectivity index (χ2v) is 6.07. The van der Waals surface area contributed by atoms with Crippen LogP contribution in [0.4, 0.5) is 5.69 Å². The second-order valence-electron chi connectivity index (χ2n) is 4.72. The molecule has 0 atom stereocenters. The highest BCUT2D eigenvalue weighted by Gasteiger charge is 2.15. The van der Waals surface area contributed by atoms with Gasteiger partial charge in [0.1, 0.15) is 0 Å². The Morgan fingerprint density at radius 2 is 1.90 bits per heavy atom. The summed E-state index contributed by atoms with van der Waals surface area (Å²) in [7, 11) is 0. The lowest BCUT2D eigenvalue weighted by molar-refractivity contribution is 0.0752. The van der Waals surface area contributed by atoms with E-state index in [-0.39, 0.29) is 5.91 Å². The monoisotopic (exact) mass is 366 g/mol. The van der Waals surface area contributed by atoms with Gasteiger partial charge in [0, 0.05) is 33.8 Å². The summed E-state index contributed by atoms with van der Waals surface area (Å²) < 4.78 is 0.793. The molecule has 0 bridgehead atoms. The number of nitrogens with two attached hydrogens (primary N) is 1. The normalized spacial score (nSPS) is 10.4. The average Bonchev–Trinajstić information content (AvgIpc) is 2.45. The quantitative estimate of drug-likeness (QED) is 0.817. The number of hydrogen-bond donors (Lipinski definition) is 1. The summed E-state index contributed by atoms with van der Waals surface area (Å²) in [5, 5.41) is 0.538. The number of anilines is 1. The fourth-order valence-corrected chi connectivity index (χ4v) is 2.89. The van der Waals surface area contributed by atoms with E-state index in [4.69, 9.17) is 17.3 Å². The molecule has 0 unspecified atom stereocenters. The summed E-state index contributed by atoms with van der Waals surface area (Å²) in [4.78, 5) is 14.3. The summed E-state index contributed by atoms with van der Waals surface area (Å²) >= 11 is 9.36. The van der Waals surface area contributed by atoms with Crippen LogP contribution in [0.3, 0.4) is 0 Å². The molecule has 2 N–H and O–H groups in total. The standard InChI is InChI=1S/C16H16BrClN2O/c1-2-20(10-11-3-5-15(19)6-4-11)16(21)12-7-13(17)9-14(18)8-12/h3-9H,2,10,19H2,1H3. The summed E-state index contributed by atoms with van der Waals surface area (Å²) in [5.41, 5.74) is 8.01. The highest BCUT2D eigenvalue weighted by atomic mass is 79.9. The van der Waals surface area contributed by atoms with Gasteiger partial charge >= 0.3 is 0 Å². The van der Waals surface area contributed by atoms with Gasteiger partial charge in [-0.3, -0.25) is 4.79 Å². The number of benzene rings is 2. The minimum atomic E-state index is -0.0440. The van der Waals surface area contributed by atoms with Crippen LogP contribution in [0.15, 0.2) is 46.9 Å². The van der Waals surface area contributed by atoms with Crippen molar-refractivity contribution in [1.29, 1.82) is 0 Å². The van der Waals surface area contributed by atoms with Crippen molar-refractivity contribution in [1.82, 2.24) is 4.90 Å². The van der Waals surface area contributed by atoms with E-state index >= 15 is 0 Å². The van der Waals surface area contributed by atoms with E-state index < -0.39 is 0 Å². The van der Waals surface area contributed by atoms with Gasteiger partial charge in [-0.05, 0) is 42.8 Å². The predicted molar refractivity (Wildman–Crippen MR) is 90.4 cm³/mol. The highest BCUT2D eigenvalue weighted by Crippen LogP contribution is 2.21. The van der Waals surface area contributed by atoms with Gasteiger partial charge in [-0.25, -0.2) is 0 Å². The van der Waals surface area contributed by atoms with Crippen molar-refractivity contribution in [2.45, 2.75) is 13.5 Å². The molecule has 110 valence electrons. The maximum Gasteiger partial charge on any atom is 0.254 e. The molecule has 0 radical (unpaired) electrons. The molecule has 0 aromatic heterocycles. The number of carbonyl (C=O) groups is 1. The molecule has 0 aliphatic heterocycles. The molecule has 3 nitrogen and oxygen atoms in total. The number of amides is 1. The van der Waals surface area contributed by atoms with Crippen molar-refractivity contribution in [3.63, 3.8) is 0 Å². The van der Waals surface area contributed by atoms with E-state index in [0.717, 1.165) is 10.0 Å². The fraction of sp³-hybridized carbons (Fsp3) is 0.188. The van der Waals surface area contributed by atoms with Crippen LogP contribution in [0.1, 0.15) is 22.8 Å². The highest BCUT2D eigenvalue weighted by molar-refractivity contribution is 9.10. The van der Waals surface area contributed by atoms with Crippen molar-refractivity contribution in [2.24, 2.45) is 0 Å². The first-order valence-corrected chi connectivity index (χ1v) is 7.76. The van der Waals surface area contributed by atoms with E-state index in [1.54, 1.807) is 23.1 Å². The number of carbonyl (C=O) groups excluding carboxylic acids is 1. The SMILES string of the molecule is CCN(Cc1ccc(N)cc1)C(=O)c1cc(Cl)cc(Br)c1. The lowest BCUT2D eigenvalue weighted by Crippen LogP contribution is -2.30. The van der Waals surface area contributed by atoms with Gasteiger partial charge in [-0.1, -0.05) is 39.7 Å². The minimum absolute atomic E-state index is 0.0440. The third-order valence-electron chi connectivity index (χ3n) is 3.13. The van der Waals surface area contributed by atoms with Gasteiger partial charge in [0.2, 0.25) is 0 Å². The predicted octanol–water partition coefficient (Wildman–Crippen LogP) is 4.35. The summed E-state index contributed by atoms with van der Waals surface area (Å²) in [6.07, 6.45) is 0. The smallest absolute Gasteiger partial charge is 0.254 e. The van der Waals surface area contributed by atoms with Crippen molar-refractivity contribution in [3.05, 3.63) is 63.1 Å². The van der Waals surface area contributed by atoms with Crippen LogP contribution in [0.2, 0.25) is 5.02 Å². The number of nitrogens with zero attached hydrogens (tertiary/aromatic N) is 1. The molecular weight excluding hydrogens is 352 g/mol. The molecular formula is C16H16BrClN2O. The zero-order chi connectivity index (χ0) is 15.4. The van der Waals surface area contributed by atoms with Crippen molar-refractivity contribution in [2.75, 3.05) is 12.3 Å². The average molecular weight is 368 g/mol. The molecule has 1 amide bonds. The second kappa shape index (κ2) is 6.96. The molecule has 21 heavy (non-hydrogen) atoms. The number of rotatable bonds is 4. The zero-order valence-electron chi connectivity index (χ0n) is 11.6. The maximum atomic E-state index is 12.6. The fourth-order valence-electron chi connectivity index (χ4n) is 2.03. The van der Waals surface area contributed by atoms with E-state index in [2.05, 4.69) is 15.9 Å². The van der Waals surface area contributed by atoms with Crippen LogP contribution in [-0.2, 0) is 6.54 Å². The van der Waals surface area contributed by atoms with Gasteiger partial charge in [0.15, 0.2) is 0 Å². The first kappa shape index (κ1) is 15.9. The number of nitrogen functional groups attached to an aromatic ring is 1. The molecule has 0 heterocycles. The lowest BCUT2D eigenvalue weighted by Gasteiger charge is -2.21. The lowest BCUT2D eigenvalue weighted by atomic mass is 10.1. The summed E-state index contributed by atoms with van der Waals surface area (Å²) in [6, 6.07) is 12.8. The molecule has 0 aliphatic rings. The van der Waals surface area contributed by atoms with Crippen LogP contribution in [-0.4, -0.2) is 17.4 Å². The van der Waals surface area contributed by atoms with Crippen molar-refractivity contribution < 1.29 is 4.79 Å². The molecule has 2 rings (SSSR count). The third-order valence-corrected chi connectivity index (χ3v) is 3.81.